The van der Waals surface area contributed by atoms with Crippen molar-refractivity contribution >= 4 is 11.9 Å². The molecule has 1 unspecified atom stereocenters. The van der Waals surface area contributed by atoms with Crippen LogP contribution in [0.2, 0.25) is 0 Å². The van der Waals surface area contributed by atoms with Crippen molar-refractivity contribution < 1.29 is 14.7 Å². The number of carboxylic acid groups (broad SMARTS) is 1. The predicted molar refractivity (Wildman–Crippen MR) is 85.2 cm³/mol. The van der Waals surface area contributed by atoms with Crippen molar-refractivity contribution in [3.63, 3.8) is 0 Å². The normalized spacial score (nSPS) is 17.0. The molecule has 22 heavy (non-hydrogen) atoms. The van der Waals surface area contributed by atoms with E-state index in [9.17, 15) is 9.59 Å². The number of carboxylic acids is 1. The van der Waals surface area contributed by atoms with E-state index in [0.717, 1.165) is 31.2 Å². The average Bonchev–Trinajstić information content (AvgIpc) is 2.55. The van der Waals surface area contributed by atoms with Gasteiger partial charge < -0.3 is 10.0 Å². The molecule has 0 radical (unpaired) electrons. The van der Waals surface area contributed by atoms with Gasteiger partial charge in [-0.2, -0.15) is 0 Å². The van der Waals surface area contributed by atoms with Gasteiger partial charge in [-0.3, -0.25) is 9.59 Å². The van der Waals surface area contributed by atoms with Gasteiger partial charge in [0.15, 0.2) is 0 Å². The second-order valence-corrected chi connectivity index (χ2v) is 6.28. The quantitative estimate of drug-likeness (QED) is 0.877. The maximum Gasteiger partial charge on any atom is 0.308 e. The van der Waals surface area contributed by atoms with Crippen LogP contribution in [0.1, 0.15) is 44.6 Å². The molecule has 0 spiro atoms. The van der Waals surface area contributed by atoms with Gasteiger partial charge in [-0.05, 0) is 18.4 Å². The molecule has 1 aliphatic carbocycles. The third-order valence-corrected chi connectivity index (χ3v) is 4.40. The van der Waals surface area contributed by atoms with E-state index < -0.39 is 11.9 Å². The molecule has 0 saturated heterocycles. The lowest BCUT2D eigenvalue weighted by atomic mass is 9.88. The summed E-state index contributed by atoms with van der Waals surface area (Å²) in [6, 6.07) is 9.79. The fraction of sp³-hybridized carbons (Fsp3) is 0.556. The minimum Gasteiger partial charge on any atom is -0.481 e. The number of hydrogen-bond donors (Lipinski definition) is 1. The largest absolute Gasteiger partial charge is 0.481 e. The van der Waals surface area contributed by atoms with Gasteiger partial charge in [0, 0.05) is 19.0 Å². The lowest BCUT2D eigenvalue weighted by molar-refractivity contribution is -0.144. The van der Waals surface area contributed by atoms with Gasteiger partial charge in [-0.15, -0.1) is 0 Å². The SMILES string of the molecule is CC(CN(Cc1ccccc1)C(=O)C1CCCCC1)C(=O)O. The van der Waals surface area contributed by atoms with Crippen LogP contribution in [0.25, 0.3) is 0 Å². The summed E-state index contributed by atoms with van der Waals surface area (Å²) >= 11 is 0. The van der Waals surface area contributed by atoms with Gasteiger partial charge >= 0.3 is 5.97 Å². The number of amides is 1. The molecule has 1 aromatic rings. The van der Waals surface area contributed by atoms with E-state index in [1.807, 2.05) is 30.3 Å². The summed E-state index contributed by atoms with van der Waals surface area (Å²) in [4.78, 5) is 25.7. The smallest absolute Gasteiger partial charge is 0.308 e. The van der Waals surface area contributed by atoms with Crippen LogP contribution in [-0.2, 0) is 16.1 Å². The molecular formula is C18H25NO3. The first-order chi connectivity index (χ1) is 10.6. The molecular weight excluding hydrogens is 278 g/mol. The molecule has 120 valence electrons. The van der Waals surface area contributed by atoms with Crippen LogP contribution in [0.5, 0.6) is 0 Å². The van der Waals surface area contributed by atoms with Crippen molar-refractivity contribution in [3.8, 4) is 0 Å². The molecule has 1 fully saturated rings. The summed E-state index contributed by atoms with van der Waals surface area (Å²) in [6.45, 7) is 2.43. The van der Waals surface area contributed by atoms with Crippen molar-refractivity contribution in [1.29, 1.82) is 0 Å². The Bertz CT molecular complexity index is 494. The minimum atomic E-state index is -0.852. The zero-order valence-electron chi connectivity index (χ0n) is 13.2. The van der Waals surface area contributed by atoms with Crippen LogP contribution in [0.3, 0.4) is 0 Å². The number of aliphatic carboxylic acids is 1. The number of hydrogen-bond acceptors (Lipinski definition) is 2. The van der Waals surface area contributed by atoms with Gasteiger partial charge in [0.2, 0.25) is 5.91 Å². The first kappa shape index (κ1) is 16.5. The summed E-state index contributed by atoms with van der Waals surface area (Å²) in [7, 11) is 0. The molecule has 1 atom stereocenters. The van der Waals surface area contributed by atoms with E-state index in [4.69, 9.17) is 5.11 Å². The average molecular weight is 303 g/mol. The molecule has 1 amide bonds. The number of nitrogens with zero attached hydrogens (tertiary/aromatic N) is 1. The summed E-state index contributed by atoms with van der Waals surface area (Å²) in [5.74, 6) is -1.21. The second kappa shape index (κ2) is 7.97. The highest BCUT2D eigenvalue weighted by Crippen LogP contribution is 2.26. The van der Waals surface area contributed by atoms with Crippen molar-refractivity contribution in [1.82, 2.24) is 4.90 Å². The molecule has 2 rings (SSSR count). The zero-order chi connectivity index (χ0) is 15.9. The lowest BCUT2D eigenvalue weighted by Crippen LogP contribution is -2.40. The van der Waals surface area contributed by atoms with Crippen molar-refractivity contribution in [2.24, 2.45) is 11.8 Å². The van der Waals surface area contributed by atoms with E-state index in [1.165, 1.54) is 6.42 Å². The summed E-state index contributed by atoms with van der Waals surface area (Å²) < 4.78 is 0. The van der Waals surface area contributed by atoms with Crippen LogP contribution in [0.4, 0.5) is 0 Å². The van der Waals surface area contributed by atoms with Crippen LogP contribution < -0.4 is 0 Å². The molecule has 1 aromatic carbocycles. The first-order valence-corrected chi connectivity index (χ1v) is 8.13. The Morgan fingerprint density at radius 2 is 1.82 bits per heavy atom. The molecule has 0 aromatic heterocycles. The Morgan fingerprint density at radius 3 is 2.41 bits per heavy atom. The minimum absolute atomic E-state index is 0.0680. The van der Waals surface area contributed by atoms with Gasteiger partial charge in [-0.25, -0.2) is 0 Å². The highest BCUT2D eigenvalue weighted by atomic mass is 16.4. The monoisotopic (exact) mass is 303 g/mol. The zero-order valence-corrected chi connectivity index (χ0v) is 13.2. The summed E-state index contributed by atoms with van der Waals surface area (Å²) in [5, 5.41) is 9.15. The highest BCUT2D eigenvalue weighted by Gasteiger charge is 2.28. The first-order valence-electron chi connectivity index (χ1n) is 8.13. The van der Waals surface area contributed by atoms with Crippen LogP contribution in [0, 0.1) is 11.8 Å². The molecule has 1 saturated carbocycles. The Balaban J connectivity index is 2.09. The lowest BCUT2D eigenvalue weighted by Gasteiger charge is -2.30. The summed E-state index contributed by atoms with van der Waals surface area (Å²) in [5.41, 5.74) is 1.05. The number of rotatable bonds is 6. The Hall–Kier alpha value is -1.84. The molecule has 0 aliphatic heterocycles. The molecule has 0 bridgehead atoms. The fourth-order valence-electron chi connectivity index (χ4n) is 3.05. The molecule has 1 N–H and O–H groups in total. The standard InChI is InChI=1S/C18H25NO3/c1-14(18(21)22)12-19(13-15-8-4-2-5-9-15)17(20)16-10-6-3-7-11-16/h2,4-5,8-9,14,16H,3,6-7,10-13H2,1H3,(H,21,22). The van der Waals surface area contributed by atoms with Crippen molar-refractivity contribution in [3.05, 3.63) is 35.9 Å². The van der Waals surface area contributed by atoms with Crippen LogP contribution in [0.15, 0.2) is 30.3 Å². The molecule has 4 nitrogen and oxygen atoms in total. The Kier molecular flexibility index (Phi) is 5.99. The second-order valence-electron chi connectivity index (χ2n) is 6.28. The topological polar surface area (TPSA) is 57.6 Å². The third-order valence-electron chi connectivity index (χ3n) is 4.40. The van der Waals surface area contributed by atoms with E-state index in [2.05, 4.69) is 0 Å². The number of carbonyl (C=O) groups is 2. The number of carbonyl (C=O) groups excluding carboxylic acids is 1. The van der Waals surface area contributed by atoms with Crippen molar-refractivity contribution in [2.45, 2.75) is 45.6 Å². The van der Waals surface area contributed by atoms with Gasteiger partial charge in [-0.1, -0.05) is 56.5 Å². The maximum absolute atomic E-state index is 12.8. The molecule has 0 heterocycles. The molecule has 1 aliphatic rings. The number of benzene rings is 1. The third kappa shape index (κ3) is 4.58. The van der Waals surface area contributed by atoms with Gasteiger partial charge in [0.1, 0.15) is 0 Å². The van der Waals surface area contributed by atoms with E-state index >= 15 is 0 Å². The fourth-order valence-corrected chi connectivity index (χ4v) is 3.05. The Labute approximate surface area is 132 Å². The van der Waals surface area contributed by atoms with Crippen molar-refractivity contribution in [2.75, 3.05) is 6.54 Å². The van der Waals surface area contributed by atoms with Crippen LogP contribution in [-0.4, -0.2) is 28.4 Å². The summed E-state index contributed by atoms with van der Waals surface area (Å²) in [6.07, 6.45) is 5.28. The Morgan fingerprint density at radius 1 is 1.18 bits per heavy atom. The van der Waals surface area contributed by atoms with Gasteiger partial charge in [0.05, 0.1) is 5.92 Å². The molecule has 4 heteroatoms. The van der Waals surface area contributed by atoms with E-state index in [0.29, 0.717) is 6.54 Å². The van der Waals surface area contributed by atoms with E-state index in [-0.39, 0.29) is 18.4 Å². The van der Waals surface area contributed by atoms with E-state index in [1.54, 1.807) is 11.8 Å². The highest BCUT2D eigenvalue weighted by molar-refractivity contribution is 5.80. The van der Waals surface area contributed by atoms with Crippen LogP contribution >= 0.6 is 0 Å². The predicted octanol–water partition coefficient (Wildman–Crippen LogP) is 3.32. The maximum atomic E-state index is 12.8. The van der Waals surface area contributed by atoms with Gasteiger partial charge in [0.25, 0.3) is 0 Å².